The highest BCUT2D eigenvalue weighted by molar-refractivity contribution is 7.17. The van der Waals surface area contributed by atoms with Crippen molar-refractivity contribution in [2.75, 3.05) is 5.32 Å². The van der Waals surface area contributed by atoms with Crippen LogP contribution >= 0.6 is 11.3 Å². The smallest absolute Gasteiger partial charge is 0.325 e. The van der Waals surface area contributed by atoms with Gasteiger partial charge in [-0.15, -0.1) is 11.3 Å². The minimum Gasteiger partial charge on any atom is -0.480 e. The maximum atomic E-state index is 10.8. The van der Waals surface area contributed by atoms with Crippen LogP contribution < -0.4 is 5.32 Å². The van der Waals surface area contributed by atoms with Gasteiger partial charge >= 0.3 is 5.97 Å². The zero-order valence-electron chi connectivity index (χ0n) is 8.89. The second-order valence-electron chi connectivity index (χ2n) is 3.53. The van der Waals surface area contributed by atoms with Crippen LogP contribution in [0.2, 0.25) is 0 Å². The molecule has 1 atom stereocenters. The Kier molecular flexibility index (Phi) is 2.74. The molecule has 0 aromatic carbocycles. The molecule has 2 rings (SSSR count). The van der Waals surface area contributed by atoms with Gasteiger partial charge in [0.15, 0.2) is 0 Å². The Bertz CT molecular complexity index is 538. The number of aliphatic carboxylic acids is 1. The van der Waals surface area contributed by atoms with Crippen molar-refractivity contribution in [2.24, 2.45) is 0 Å². The second-order valence-corrected chi connectivity index (χ2v) is 4.38. The number of rotatable bonds is 3. The molecule has 0 aliphatic rings. The maximum Gasteiger partial charge on any atom is 0.325 e. The average molecular weight is 237 g/mol. The molecule has 0 spiro atoms. The highest BCUT2D eigenvalue weighted by atomic mass is 32.1. The molecule has 0 bridgehead atoms. The van der Waals surface area contributed by atoms with Gasteiger partial charge < -0.3 is 10.4 Å². The van der Waals surface area contributed by atoms with Crippen molar-refractivity contribution in [1.82, 2.24) is 9.97 Å². The molecule has 0 saturated carbocycles. The van der Waals surface area contributed by atoms with E-state index in [4.69, 9.17) is 5.11 Å². The number of carboxylic acids is 1. The van der Waals surface area contributed by atoms with Gasteiger partial charge in [-0.05, 0) is 24.8 Å². The van der Waals surface area contributed by atoms with Crippen molar-refractivity contribution >= 4 is 33.3 Å². The molecule has 6 heteroatoms. The zero-order valence-corrected chi connectivity index (χ0v) is 9.71. The number of carboxylic acid groups (broad SMARTS) is 1. The van der Waals surface area contributed by atoms with Gasteiger partial charge in [-0.3, -0.25) is 4.79 Å². The fourth-order valence-electron chi connectivity index (χ4n) is 1.39. The third-order valence-corrected chi connectivity index (χ3v) is 3.28. The van der Waals surface area contributed by atoms with E-state index in [0.29, 0.717) is 5.82 Å². The highest BCUT2D eigenvalue weighted by Crippen LogP contribution is 2.28. The SMILES string of the molecule is Cc1csc2ncnc(NC(C)C(=O)O)c12. The lowest BCUT2D eigenvalue weighted by Gasteiger charge is -2.10. The highest BCUT2D eigenvalue weighted by Gasteiger charge is 2.14. The number of anilines is 1. The van der Waals surface area contributed by atoms with Crippen LogP contribution in [-0.4, -0.2) is 27.1 Å². The van der Waals surface area contributed by atoms with Crippen molar-refractivity contribution in [1.29, 1.82) is 0 Å². The molecule has 84 valence electrons. The number of aromatic nitrogens is 2. The number of thiophene rings is 1. The van der Waals surface area contributed by atoms with E-state index in [-0.39, 0.29) is 0 Å². The Hall–Kier alpha value is -1.69. The first-order valence-electron chi connectivity index (χ1n) is 4.77. The number of aryl methyl sites for hydroxylation is 1. The molecule has 2 heterocycles. The molecule has 0 fully saturated rings. The maximum absolute atomic E-state index is 10.8. The Morgan fingerprint density at radius 2 is 2.31 bits per heavy atom. The van der Waals surface area contributed by atoms with E-state index >= 15 is 0 Å². The van der Waals surface area contributed by atoms with Crippen molar-refractivity contribution in [3.63, 3.8) is 0 Å². The Morgan fingerprint density at radius 1 is 1.56 bits per heavy atom. The molecule has 0 radical (unpaired) electrons. The monoisotopic (exact) mass is 237 g/mol. The van der Waals surface area contributed by atoms with Crippen LogP contribution in [0.15, 0.2) is 11.7 Å². The van der Waals surface area contributed by atoms with E-state index in [0.717, 1.165) is 15.8 Å². The van der Waals surface area contributed by atoms with Crippen LogP contribution in [0.25, 0.3) is 10.2 Å². The molecule has 0 amide bonds. The van der Waals surface area contributed by atoms with Crippen LogP contribution in [0, 0.1) is 6.92 Å². The van der Waals surface area contributed by atoms with E-state index in [1.165, 1.54) is 17.7 Å². The van der Waals surface area contributed by atoms with E-state index in [9.17, 15) is 4.79 Å². The fourth-order valence-corrected chi connectivity index (χ4v) is 2.28. The molecule has 5 nitrogen and oxygen atoms in total. The second kappa shape index (κ2) is 4.05. The van der Waals surface area contributed by atoms with Gasteiger partial charge in [0, 0.05) is 0 Å². The number of hydrogen-bond donors (Lipinski definition) is 2. The molecule has 2 aromatic heterocycles. The van der Waals surface area contributed by atoms with Gasteiger partial charge in [0.25, 0.3) is 0 Å². The third-order valence-electron chi connectivity index (χ3n) is 2.28. The van der Waals surface area contributed by atoms with E-state index < -0.39 is 12.0 Å². The number of nitrogens with zero attached hydrogens (tertiary/aromatic N) is 2. The van der Waals surface area contributed by atoms with Gasteiger partial charge in [0.1, 0.15) is 23.0 Å². The first kappa shape index (κ1) is 10.8. The molecule has 2 N–H and O–H groups in total. The van der Waals surface area contributed by atoms with Crippen LogP contribution in [0.5, 0.6) is 0 Å². The van der Waals surface area contributed by atoms with Gasteiger partial charge in [0.05, 0.1) is 5.39 Å². The molecule has 16 heavy (non-hydrogen) atoms. The molecular weight excluding hydrogens is 226 g/mol. The molecule has 0 aliphatic heterocycles. The van der Waals surface area contributed by atoms with E-state index in [1.54, 1.807) is 6.92 Å². The van der Waals surface area contributed by atoms with Crippen LogP contribution in [0.3, 0.4) is 0 Å². The van der Waals surface area contributed by atoms with Gasteiger partial charge in [-0.1, -0.05) is 0 Å². The van der Waals surface area contributed by atoms with Gasteiger partial charge in [-0.25, -0.2) is 9.97 Å². The molecule has 0 aliphatic carbocycles. The lowest BCUT2D eigenvalue weighted by molar-refractivity contribution is -0.137. The first-order valence-corrected chi connectivity index (χ1v) is 5.65. The number of fused-ring (bicyclic) bond motifs is 1. The number of nitrogens with one attached hydrogen (secondary N) is 1. The minimum absolute atomic E-state index is 0.582. The van der Waals surface area contributed by atoms with Crippen molar-refractivity contribution < 1.29 is 9.90 Å². The quantitative estimate of drug-likeness (QED) is 0.852. The summed E-state index contributed by atoms with van der Waals surface area (Å²) in [7, 11) is 0. The molecule has 1 unspecified atom stereocenters. The average Bonchev–Trinajstić information content (AvgIpc) is 2.61. The fraction of sp³-hybridized carbons (Fsp3) is 0.300. The van der Waals surface area contributed by atoms with Crippen molar-refractivity contribution in [3.8, 4) is 0 Å². The standard InChI is InChI=1S/C10H11N3O2S/c1-5-3-16-9-7(5)8(11-4-12-9)13-6(2)10(14)15/h3-4,6H,1-2H3,(H,14,15)(H,11,12,13). The lowest BCUT2D eigenvalue weighted by Crippen LogP contribution is -2.26. The van der Waals surface area contributed by atoms with Crippen LogP contribution in [0.4, 0.5) is 5.82 Å². The molecule has 2 aromatic rings. The first-order chi connectivity index (χ1) is 7.59. The van der Waals surface area contributed by atoms with Crippen LogP contribution in [0.1, 0.15) is 12.5 Å². The summed E-state index contributed by atoms with van der Waals surface area (Å²) in [6.45, 7) is 3.54. The minimum atomic E-state index is -0.903. The van der Waals surface area contributed by atoms with Crippen molar-refractivity contribution in [3.05, 3.63) is 17.3 Å². The number of carbonyl (C=O) groups is 1. The topological polar surface area (TPSA) is 75.1 Å². The summed E-state index contributed by atoms with van der Waals surface area (Å²) in [6, 6.07) is -0.669. The summed E-state index contributed by atoms with van der Waals surface area (Å²) in [5.41, 5.74) is 1.06. The van der Waals surface area contributed by atoms with Gasteiger partial charge in [-0.2, -0.15) is 0 Å². The lowest BCUT2D eigenvalue weighted by atomic mass is 10.2. The zero-order chi connectivity index (χ0) is 11.7. The Morgan fingerprint density at radius 3 is 3.00 bits per heavy atom. The largest absolute Gasteiger partial charge is 0.480 e. The van der Waals surface area contributed by atoms with Crippen LogP contribution in [-0.2, 0) is 4.79 Å². The van der Waals surface area contributed by atoms with E-state index in [2.05, 4.69) is 15.3 Å². The summed E-state index contributed by atoms with van der Waals surface area (Å²) in [6.07, 6.45) is 1.44. The molecule has 0 saturated heterocycles. The summed E-state index contributed by atoms with van der Waals surface area (Å²) in [5.74, 6) is -0.321. The summed E-state index contributed by atoms with van der Waals surface area (Å²) >= 11 is 1.53. The summed E-state index contributed by atoms with van der Waals surface area (Å²) in [5, 5.41) is 14.6. The normalized spacial score (nSPS) is 12.6. The molecular formula is C10H11N3O2S. The Labute approximate surface area is 96.2 Å². The van der Waals surface area contributed by atoms with Gasteiger partial charge in [0.2, 0.25) is 0 Å². The summed E-state index contributed by atoms with van der Waals surface area (Å²) in [4.78, 5) is 19.8. The predicted molar refractivity (Wildman–Crippen MR) is 62.9 cm³/mol. The number of hydrogen-bond acceptors (Lipinski definition) is 5. The van der Waals surface area contributed by atoms with Crippen molar-refractivity contribution in [2.45, 2.75) is 19.9 Å². The summed E-state index contributed by atoms with van der Waals surface area (Å²) < 4.78 is 0. The Balaban J connectivity index is 2.44. The predicted octanol–water partition coefficient (Wildman–Crippen LogP) is 1.88. The third kappa shape index (κ3) is 1.83. The van der Waals surface area contributed by atoms with E-state index in [1.807, 2.05) is 12.3 Å².